The van der Waals surface area contributed by atoms with Crippen molar-refractivity contribution in [2.75, 3.05) is 6.61 Å². The predicted octanol–water partition coefficient (Wildman–Crippen LogP) is 2.80. The van der Waals surface area contributed by atoms with Gasteiger partial charge in [-0.1, -0.05) is 25.8 Å². The molecule has 1 N–H and O–H groups in total. The molecular weight excluding hydrogens is 212 g/mol. The highest BCUT2D eigenvalue weighted by Gasteiger charge is 2.30. The van der Waals surface area contributed by atoms with Crippen LogP contribution in [0.15, 0.2) is 28.6 Å². The summed E-state index contributed by atoms with van der Waals surface area (Å²) >= 11 is 0. The zero-order chi connectivity index (χ0) is 12.3. The van der Waals surface area contributed by atoms with E-state index in [1.165, 1.54) is 18.4 Å². The number of rotatable bonds is 3. The van der Waals surface area contributed by atoms with Gasteiger partial charge < -0.3 is 10.1 Å². The molecule has 2 rings (SSSR count). The van der Waals surface area contributed by atoms with Crippen LogP contribution in [0.3, 0.4) is 0 Å². The van der Waals surface area contributed by atoms with Crippen molar-refractivity contribution in [3.63, 3.8) is 0 Å². The highest BCUT2D eigenvalue weighted by Crippen LogP contribution is 2.26. The molecule has 0 aromatic rings. The summed E-state index contributed by atoms with van der Waals surface area (Å²) < 4.78 is 5.76. The smallest absolute Gasteiger partial charge is 0.192 e. The van der Waals surface area contributed by atoms with Crippen molar-refractivity contribution in [3.05, 3.63) is 23.6 Å². The summed E-state index contributed by atoms with van der Waals surface area (Å²) in [5.41, 5.74) is 1.23. The molecular formula is C14H22N2O. The summed E-state index contributed by atoms with van der Waals surface area (Å²) in [7, 11) is 0. The SMILES string of the molecule is CCCCC1N=CC=CC1=C1NC(C)(C)CO1. The normalized spacial score (nSPS) is 30.2. The summed E-state index contributed by atoms with van der Waals surface area (Å²) in [6.45, 7) is 7.24. The van der Waals surface area contributed by atoms with Crippen LogP contribution >= 0.6 is 0 Å². The molecule has 0 radical (unpaired) electrons. The third-order valence-electron chi connectivity index (χ3n) is 3.11. The molecule has 0 saturated carbocycles. The number of dihydropyridines is 1. The highest BCUT2D eigenvalue weighted by atomic mass is 16.5. The zero-order valence-electron chi connectivity index (χ0n) is 11.0. The fraction of sp³-hybridized carbons (Fsp3) is 0.643. The number of aliphatic imine (C=N–C) groups is 1. The van der Waals surface area contributed by atoms with Crippen molar-refractivity contribution in [2.24, 2.45) is 4.99 Å². The summed E-state index contributed by atoms with van der Waals surface area (Å²) in [5.74, 6) is 0.921. The molecule has 94 valence electrons. The third-order valence-corrected chi connectivity index (χ3v) is 3.11. The molecule has 2 aliphatic heterocycles. The van der Waals surface area contributed by atoms with Crippen molar-refractivity contribution in [3.8, 4) is 0 Å². The van der Waals surface area contributed by atoms with E-state index >= 15 is 0 Å². The minimum absolute atomic E-state index is 0.0344. The Morgan fingerprint density at radius 1 is 1.53 bits per heavy atom. The van der Waals surface area contributed by atoms with E-state index in [-0.39, 0.29) is 11.6 Å². The van der Waals surface area contributed by atoms with Gasteiger partial charge in [0, 0.05) is 11.8 Å². The second kappa shape index (κ2) is 4.94. The highest BCUT2D eigenvalue weighted by molar-refractivity contribution is 5.74. The summed E-state index contributed by atoms with van der Waals surface area (Å²) in [6.07, 6.45) is 9.51. The van der Waals surface area contributed by atoms with Crippen LogP contribution in [-0.2, 0) is 4.74 Å². The average molecular weight is 234 g/mol. The molecule has 0 bridgehead atoms. The molecule has 1 atom stereocenters. The Hall–Kier alpha value is -1.25. The fourth-order valence-electron chi connectivity index (χ4n) is 2.13. The summed E-state index contributed by atoms with van der Waals surface area (Å²) in [6, 6.07) is 0.261. The average Bonchev–Trinajstić information content (AvgIpc) is 2.67. The molecule has 3 heteroatoms. The van der Waals surface area contributed by atoms with Crippen molar-refractivity contribution in [1.82, 2.24) is 5.32 Å². The summed E-state index contributed by atoms with van der Waals surface area (Å²) in [5, 5.41) is 3.44. The number of allylic oxidation sites excluding steroid dienone is 1. The zero-order valence-corrected chi connectivity index (χ0v) is 11.0. The van der Waals surface area contributed by atoms with E-state index in [4.69, 9.17) is 4.74 Å². The van der Waals surface area contributed by atoms with Gasteiger partial charge in [-0.2, -0.15) is 0 Å². The van der Waals surface area contributed by atoms with Gasteiger partial charge in [-0.05, 0) is 26.3 Å². The molecule has 2 heterocycles. The molecule has 0 aromatic carbocycles. The van der Waals surface area contributed by atoms with Crippen LogP contribution in [-0.4, -0.2) is 24.4 Å². The molecule has 1 unspecified atom stereocenters. The molecule has 17 heavy (non-hydrogen) atoms. The minimum atomic E-state index is 0.0344. The molecule has 3 nitrogen and oxygen atoms in total. The Morgan fingerprint density at radius 3 is 3.00 bits per heavy atom. The number of nitrogens with zero attached hydrogens (tertiary/aromatic N) is 1. The van der Waals surface area contributed by atoms with Gasteiger partial charge in [0.05, 0.1) is 11.6 Å². The number of nitrogens with one attached hydrogen (secondary N) is 1. The molecule has 1 saturated heterocycles. The van der Waals surface area contributed by atoms with E-state index in [0.29, 0.717) is 0 Å². The van der Waals surface area contributed by atoms with Gasteiger partial charge in [-0.3, -0.25) is 4.99 Å². The molecule has 2 aliphatic rings. The number of unbranched alkanes of at least 4 members (excludes halogenated alkanes) is 1. The fourth-order valence-corrected chi connectivity index (χ4v) is 2.13. The van der Waals surface area contributed by atoms with Crippen LogP contribution in [0.4, 0.5) is 0 Å². The van der Waals surface area contributed by atoms with Crippen LogP contribution in [0, 0.1) is 0 Å². The number of hydrogen-bond acceptors (Lipinski definition) is 3. The first-order valence-electron chi connectivity index (χ1n) is 6.47. The Labute approximate surface area is 104 Å². The van der Waals surface area contributed by atoms with Crippen LogP contribution < -0.4 is 5.32 Å². The first-order chi connectivity index (χ1) is 8.12. The third kappa shape index (κ3) is 2.90. The molecule has 0 aliphatic carbocycles. The lowest BCUT2D eigenvalue weighted by Gasteiger charge is -2.19. The first kappa shape index (κ1) is 12.2. The van der Waals surface area contributed by atoms with Crippen molar-refractivity contribution >= 4 is 6.21 Å². The maximum absolute atomic E-state index is 5.76. The second-order valence-electron chi connectivity index (χ2n) is 5.40. The van der Waals surface area contributed by atoms with Gasteiger partial charge in [0.1, 0.15) is 6.61 Å². The van der Waals surface area contributed by atoms with E-state index in [2.05, 4.69) is 37.2 Å². The van der Waals surface area contributed by atoms with Gasteiger partial charge in [0.2, 0.25) is 0 Å². The maximum Gasteiger partial charge on any atom is 0.192 e. The van der Waals surface area contributed by atoms with Gasteiger partial charge in [0.15, 0.2) is 5.88 Å². The van der Waals surface area contributed by atoms with Crippen LogP contribution in [0.1, 0.15) is 40.0 Å². The topological polar surface area (TPSA) is 33.6 Å². The van der Waals surface area contributed by atoms with Crippen LogP contribution in [0.2, 0.25) is 0 Å². The molecule has 1 fully saturated rings. The van der Waals surface area contributed by atoms with Gasteiger partial charge in [-0.25, -0.2) is 0 Å². The van der Waals surface area contributed by atoms with E-state index in [9.17, 15) is 0 Å². The van der Waals surface area contributed by atoms with Gasteiger partial charge in [0.25, 0.3) is 0 Å². The van der Waals surface area contributed by atoms with E-state index in [1.807, 2.05) is 12.3 Å². The standard InChI is InChI=1S/C14H22N2O/c1-4-5-8-12-11(7-6-9-15-12)13-16-14(2,3)10-17-13/h6-7,9,12,16H,4-5,8,10H2,1-3H3. The van der Waals surface area contributed by atoms with Crippen molar-refractivity contribution < 1.29 is 4.74 Å². The molecule has 0 spiro atoms. The predicted molar refractivity (Wildman–Crippen MR) is 71.1 cm³/mol. The van der Waals surface area contributed by atoms with Gasteiger partial charge >= 0.3 is 0 Å². The van der Waals surface area contributed by atoms with E-state index < -0.39 is 0 Å². The monoisotopic (exact) mass is 234 g/mol. The van der Waals surface area contributed by atoms with Crippen LogP contribution in [0.25, 0.3) is 0 Å². The Kier molecular flexibility index (Phi) is 3.55. The van der Waals surface area contributed by atoms with E-state index in [1.54, 1.807) is 0 Å². The summed E-state index contributed by atoms with van der Waals surface area (Å²) in [4.78, 5) is 4.55. The Morgan fingerprint density at radius 2 is 2.35 bits per heavy atom. The van der Waals surface area contributed by atoms with Crippen molar-refractivity contribution in [1.29, 1.82) is 0 Å². The lowest BCUT2D eigenvalue weighted by molar-refractivity contribution is 0.233. The molecule has 0 amide bonds. The van der Waals surface area contributed by atoms with Gasteiger partial charge in [-0.15, -0.1) is 0 Å². The maximum atomic E-state index is 5.76. The Balaban J connectivity index is 2.15. The second-order valence-corrected chi connectivity index (χ2v) is 5.40. The Bertz CT molecular complexity index is 366. The lowest BCUT2D eigenvalue weighted by Crippen LogP contribution is -2.34. The number of ether oxygens (including phenoxy) is 1. The van der Waals surface area contributed by atoms with Crippen molar-refractivity contribution in [2.45, 2.75) is 51.6 Å². The van der Waals surface area contributed by atoms with Crippen LogP contribution in [0.5, 0.6) is 0 Å². The quantitative estimate of drug-likeness (QED) is 0.814. The molecule has 0 aromatic heterocycles. The largest absolute Gasteiger partial charge is 0.476 e. The number of hydrogen-bond donors (Lipinski definition) is 1. The minimum Gasteiger partial charge on any atom is -0.476 e. The van der Waals surface area contributed by atoms with E-state index in [0.717, 1.165) is 18.9 Å². The lowest BCUT2D eigenvalue weighted by atomic mass is 9.99. The first-order valence-corrected chi connectivity index (χ1v) is 6.47.